The van der Waals surface area contributed by atoms with Crippen molar-refractivity contribution < 1.29 is 4.79 Å². The third kappa shape index (κ3) is 1.95. The second kappa shape index (κ2) is 4.15. The summed E-state index contributed by atoms with van der Waals surface area (Å²) in [6.45, 7) is 5.93. The number of hydrogen-bond acceptors (Lipinski definition) is 2. The van der Waals surface area contributed by atoms with Gasteiger partial charge in [-0.05, 0) is 24.9 Å². The molecule has 2 rings (SSSR count). The number of ketones is 1. The number of carbonyl (C=O) groups is 1. The molecule has 2 atom stereocenters. The third-order valence-corrected chi connectivity index (χ3v) is 3.26. The normalized spacial score (nSPS) is 25.5. The first-order valence-electron chi connectivity index (χ1n) is 5.50. The molecule has 1 fully saturated rings. The van der Waals surface area contributed by atoms with Gasteiger partial charge in [0.15, 0.2) is 5.78 Å². The lowest BCUT2D eigenvalue weighted by atomic mass is 9.88. The molecule has 0 amide bonds. The molecule has 1 aliphatic rings. The molecule has 2 nitrogen and oxygen atoms in total. The fourth-order valence-electron chi connectivity index (χ4n) is 2.21. The average molecular weight is 203 g/mol. The first-order chi connectivity index (χ1) is 7.20. The second-order valence-corrected chi connectivity index (χ2v) is 4.42. The Hall–Kier alpha value is -1.15. The summed E-state index contributed by atoms with van der Waals surface area (Å²) < 4.78 is 0. The van der Waals surface area contributed by atoms with E-state index in [0.717, 1.165) is 24.2 Å². The van der Waals surface area contributed by atoms with Crippen LogP contribution in [0.2, 0.25) is 0 Å². The maximum atomic E-state index is 12.2. The predicted octanol–water partition coefficient (Wildman–Crippen LogP) is 2.03. The van der Waals surface area contributed by atoms with Gasteiger partial charge in [-0.3, -0.25) is 4.79 Å². The first-order valence-corrected chi connectivity index (χ1v) is 5.50. The number of nitrogens with one attached hydrogen (secondary N) is 1. The van der Waals surface area contributed by atoms with E-state index in [4.69, 9.17) is 0 Å². The first kappa shape index (κ1) is 10.4. The van der Waals surface area contributed by atoms with Gasteiger partial charge >= 0.3 is 0 Å². The predicted molar refractivity (Wildman–Crippen MR) is 61.0 cm³/mol. The van der Waals surface area contributed by atoms with Crippen LogP contribution in [0.5, 0.6) is 0 Å². The number of rotatable bonds is 2. The van der Waals surface area contributed by atoms with Gasteiger partial charge in [0.05, 0.1) is 0 Å². The van der Waals surface area contributed by atoms with Crippen LogP contribution in [0.25, 0.3) is 0 Å². The van der Waals surface area contributed by atoms with Crippen molar-refractivity contribution in [3.63, 3.8) is 0 Å². The van der Waals surface area contributed by atoms with Gasteiger partial charge in [0.25, 0.3) is 0 Å². The molecule has 1 heterocycles. The molecule has 80 valence electrons. The fraction of sp³-hybridized carbons (Fsp3) is 0.462. The third-order valence-electron chi connectivity index (χ3n) is 3.26. The Morgan fingerprint density at radius 3 is 2.67 bits per heavy atom. The van der Waals surface area contributed by atoms with Gasteiger partial charge in [-0.2, -0.15) is 0 Å². The van der Waals surface area contributed by atoms with Crippen LogP contribution in [0.15, 0.2) is 24.3 Å². The Kier molecular flexibility index (Phi) is 2.87. The van der Waals surface area contributed by atoms with Crippen LogP contribution in [-0.2, 0) is 0 Å². The molecular weight excluding hydrogens is 186 g/mol. The van der Waals surface area contributed by atoms with Crippen LogP contribution in [0.3, 0.4) is 0 Å². The van der Waals surface area contributed by atoms with Gasteiger partial charge in [-0.15, -0.1) is 0 Å². The van der Waals surface area contributed by atoms with Crippen LogP contribution in [0.1, 0.15) is 22.8 Å². The molecule has 2 heteroatoms. The molecule has 0 aliphatic carbocycles. The molecule has 15 heavy (non-hydrogen) atoms. The quantitative estimate of drug-likeness (QED) is 0.745. The minimum Gasteiger partial charge on any atom is -0.316 e. The van der Waals surface area contributed by atoms with Gasteiger partial charge in [0.2, 0.25) is 0 Å². The largest absolute Gasteiger partial charge is 0.316 e. The highest BCUT2D eigenvalue weighted by Gasteiger charge is 2.30. The lowest BCUT2D eigenvalue weighted by Gasteiger charge is -2.14. The number of hydrogen-bond donors (Lipinski definition) is 1. The summed E-state index contributed by atoms with van der Waals surface area (Å²) >= 11 is 0. The Bertz CT molecular complexity index is 373. The van der Waals surface area contributed by atoms with Crippen LogP contribution in [-0.4, -0.2) is 18.9 Å². The molecule has 1 N–H and O–H groups in total. The van der Waals surface area contributed by atoms with E-state index in [1.807, 2.05) is 31.2 Å². The smallest absolute Gasteiger partial charge is 0.167 e. The van der Waals surface area contributed by atoms with Crippen molar-refractivity contribution in [2.24, 2.45) is 11.8 Å². The summed E-state index contributed by atoms with van der Waals surface area (Å²) in [6.07, 6.45) is 0. The molecule has 1 aliphatic heterocycles. The zero-order chi connectivity index (χ0) is 10.8. The standard InChI is InChI=1S/C13H17NO/c1-9-5-3-4-6-11(9)13(15)12-8-14-7-10(12)2/h3-6,10,12,14H,7-8H2,1-2H3. The topological polar surface area (TPSA) is 29.1 Å². The molecule has 2 unspecified atom stereocenters. The van der Waals surface area contributed by atoms with Gasteiger partial charge in [0.1, 0.15) is 0 Å². The van der Waals surface area contributed by atoms with Gasteiger partial charge < -0.3 is 5.32 Å². The fourth-order valence-corrected chi connectivity index (χ4v) is 2.21. The molecule has 0 saturated carbocycles. The van der Waals surface area contributed by atoms with Crippen molar-refractivity contribution in [1.29, 1.82) is 0 Å². The van der Waals surface area contributed by atoms with Gasteiger partial charge in [-0.25, -0.2) is 0 Å². The van der Waals surface area contributed by atoms with E-state index in [0.29, 0.717) is 11.7 Å². The summed E-state index contributed by atoms with van der Waals surface area (Å²) in [7, 11) is 0. The van der Waals surface area contributed by atoms with Crippen LogP contribution in [0.4, 0.5) is 0 Å². The highest BCUT2D eigenvalue weighted by molar-refractivity contribution is 5.99. The summed E-state index contributed by atoms with van der Waals surface area (Å²) in [6, 6.07) is 7.85. The number of carbonyl (C=O) groups excluding carboxylic acids is 1. The van der Waals surface area contributed by atoms with E-state index < -0.39 is 0 Å². The van der Waals surface area contributed by atoms with Gasteiger partial charge in [0, 0.05) is 18.0 Å². The summed E-state index contributed by atoms with van der Waals surface area (Å²) in [5, 5.41) is 3.27. The Labute approximate surface area is 90.7 Å². The van der Waals surface area contributed by atoms with E-state index in [1.54, 1.807) is 0 Å². The molecule has 0 aromatic heterocycles. The minimum absolute atomic E-state index is 0.158. The second-order valence-electron chi connectivity index (χ2n) is 4.42. The molecule has 1 aromatic rings. The lowest BCUT2D eigenvalue weighted by molar-refractivity contribution is 0.0907. The monoisotopic (exact) mass is 203 g/mol. The van der Waals surface area contributed by atoms with Crippen molar-refractivity contribution in [2.45, 2.75) is 13.8 Å². The molecule has 0 radical (unpaired) electrons. The van der Waals surface area contributed by atoms with Crippen molar-refractivity contribution in [2.75, 3.05) is 13.1 Å². The Balaban J connectivity index is 2.24. The zero-order valence-electron chi connectivity index (χ0n) is 9.29. The Morgan fingerprint density at radius 1 is 1.33 bits per heavy atom. The van der Waals surface area contributed by atoms with Crippen molar-refractivity contribution >= 4 is 5.78 Å². The molecule has 1 aromatic carbocycles. The molecule has 0 spiro atoms. The van der Waals surface area contributed by atoms with Crippen molar-refractivity contribution in [3.05, 3.63) is 35.4 Å². The van der Waals surface area contributed by atoms with E-state index >= 15 is 0 Å². The number of Topliss-reactive ketones (excluding diaryl/α,β-unsaturated/α-hetero) is 1. The van der Waals surface area contributed by atoms with Crippen LogP contribution < -0.4 is 5.32 Å². The minimum atomic E-state index is 0.158. The van der Waals surface area contributed by atoms with Crippen molar-refractivity contribution in [1.82, 2.24) is 5.32 Å². The summed E-state index contributed by atoms with van der Waals surface area (Å²) in [4.78, 5) is 12.2. The maximum absolute atomic E-state index is 12.2. The molecular formula is C13H17NO. The highest BCUT2D eigenvalue weighted by Crippen LogP contribution is 2.22. The number of benzene rings is 1. The van der Waals surface area contributed by atoms with Gasteiger partial charge in [-0.1, -0.05) is 31.2 Å². The molecule has 1 saturated heterocycles. The van der Waals surface area contributed by atoms with Crippen LogP contribution >= 0.6 is 0 Å². The Morgan fingerprint density at radius 2 is 2.07 bits per heavy atom. The van der Waals surface area contributed by atoms with E-state index in [-0.39, 0.29) is 5.92 Å². The number of aryl methyl sites for hydroxylation is 1. The average Bonchev–Trinajstić information content (AvgIpc) is 2.64. The van der Waals surface area contributed by atoms with Crippen LogP contribution in [0, 0.1) is 18.8 Å². The lowest BCUT2D eigenvalue weighted by Crippen LogP contribution is -2.22. The van der Waals surface area contributed by atoms with E-state index in [2.05, 4.69) is 12.2 Å². The maximum Gasteiger partial charge on any atom is 0.167 e. The zero-order valence-corrected chi connectivity index (χ0v) is 9.29. The van der Waals surface area contributed by atoms with Crippen molar-refractivity contribution in [3.8, 4) is 0 Å². The molecule has 0 bridgehead atoms. The summed E-state index contributed by atoms with van der Waals surface area (Å²) in [5.74, 6) is 0.911. The van der Waals surface area contributed by atoms with E-state index in [9.17, 15) is 4.79 Å². The highest BCUT2D eigenvalue weighted by atomic mass is 16.1. The summed E-state index contributed by atoms with van der Waals surface area (Å²) in [5.41, 5.74) is 1.97. The SMILES string of the molecule is Cc1ccccc1C(=O)C1CNCC1C. The van der Waals surface area contributed by atoms with E-state index in [1.165, 1.54) is 0 Å².